The molecule has 1 aliphatic rings. The van der Waals surface area contributed by atoms with Gasteiger partial charge in [-0.2, -0.15) is 5.10 Å². The topological polar surface area (TPSA) is 79.3 Å². The van der Waals surface area contributed by atoms with Crippen LogP contribution < -0.4 is 10.6 Å². The van der Waals surface area contributed by atoms with Gasteiger partial charge in [0.15, 0.2) is 0 Å². The number of carbonyl (C=O) groups is 2. The van der Waals surface area contributed by atoms with Gasteiger partial charge >= 0.3 is 0 Å². The Bertz CT molecular complexity index is 851. The minimum absolute atomic E-state index is 0. The minimum atomic E-state index is -0.191. The van der Waals surface area contributed by atoms with E-state index in [1.54, 1.807) is 11.7 Å². The summed E-state index contributed by atoms with van der Waals surface area (Å²) in [5, 5.41) is 10.4. The summed E-state index contributed by atoms with van der Waals surface area (Å²) in [6.45, 7) is 5.36. The fourth-order valence-electron chi connectivity index (χ4n) is 3.57. The van der Waals surface area contributed by atoms with E-state index in [9.17, 15) is 9.59 Å². The number of nitrogens with zero attached hydrogens (tertiary/aromatic N) is 3. The number of aryl methyl sites for hydroxylation is 2. The molecule has 0 aliphatic carbocycles. The number of halogens is 1. The normalized spacial score (nSPS) is 18.4. The Balaban J connectivity index is 0.00000280. The second kappa shape index (κ2) is 9.21. The molecule has 0 radical (unpaired) electrons. The van der Waals surface area contributed by atoms with Crippen molar-refractivity contribution in [1.82, 2.24) is 20.0 Å². The van der Waals surface area contributed by atoms with Crippen LogP contribution in [-0.2, 0) is 16.6 Å². The predicted octanol–water partition coefficient (Wildman–Crippen LogP) is 1.86. The summed E-state index contributed by atoms with van der Waals surface area (Å²) in [6, 6.07) is 5.79. The minimum Gasteiger partial charge on any atom is -0.336 e. The Morgan fingerprint density at radius 3 is 2.75 bits per heavy atom. The molecule has 1 aliphatic heterocycles. The van der Waals surface area contributed by atoms with E-state index in [1.165, 1.54) is 4.90 Å². The van der Waals surface area contributed by atoms with Crippen LogP contribution >= 0.6 is 12.4 Å². The molecule has 7 nitrogen and oxygen atoms in total. The average molecular weight is 406 g/mol. The molecule has 0 bridgehead atoms. The van der Waals surface area contributed by atoms with Gasteiger partial charge in [0.1, 0.15) is 0 Å². The summed E-state index contributed by atoms with van der Waals surface area (Å²) < 4.78 is 1.75. The molecule has 1 fully saturated rings. The molecule has 2 amide bonds. The number of hydrogen-bond acceptors (Lipinski definition) is 4. The molecule has 0 saturated carbocycles. The van der Waals surface area contributed by atoms with Crippen molar-refractivity contribution in [3.63, 3.8) is 0 Å². The van der Waals surface area contributed by atoms with Crippen molar-refractivity contribution < 1.29 is 9.59 Å². The molecule has 0 unspecified atom stereocenters. The van der Waals surface area contributed by atoms with Gasteiger partial charge in [-0.15, -0.1) is 12.4 Å². The summed E-state index contributed by atoms with van der Waals surface area (Å²) in [4.78, 5) is 26.9. The first-order valence-corrected chi connectivity index (χ1v) is 9.17. The predicted molar refractivity (Wildman–Crippen MR) is 112 cm³/mol. The van der Waals surface area contributed by atoms with Crippen LogP contribution in [0.1, 0.15) is 22.6 Å². The Morgan fingerprint density at radius 2 is 2.07 bits per heavy atom. The van der Waals surface area contributed by atoms with Gasteiger partial charge in [0.25, 0.3) is 0 Å². The molecular weight excluding hydrogens is 378 g/mol. The van der Waals surface area contributed by atoms with E-state index < -0.39 is 0 Å². The summed E-state index contributed by atoms with van der Waals surface area (Å²) in [6.07, 6.45) is 3.76. The highest BCUT2D eigenvalue weighted by atomic mass is 35.5. The molecule has 1 saturated heterocycles. The number of anilines is 1. The summed E-state index contributed by atoms with van der Waals surface area (Å²) >= 11 is 0. The third kappa shape index (κ3) is 4.72. The Kier molecular flexibility index (Phi) is 7.21. The molecule has 1 aromatic heterocycles. The number of nitrogens with one attached hydrogen (secondary N) is 2. The second-order valence-electron chi connectivity index (χ2n) is 7.31. The number of carbonyl (C=O) groups excluding carboxylic acids is 2. The number of likely N-dealkylation sites (N-methyl/N-ethyl adjacent to an activating group) is 1. The van der Waals surface area contributed by atoms with E-state index in [2.05, 4.69) is 15.7 Å². The largest absolute Gasteiger partial charge is 0.336 e. The number of hydrogen-bond donors (Lipinski definition) is 2. The highest BCUT2D eigenvalue weighted by molar-refractivity contribution is 5.95. The number of rotatable bonds is 5. The molecule has 152 valence electrons. The smallest absolute Gasteiger partial charge is 0.243 e. The zero-order chi connectivity index (χ0) is 19.6. The lowest BCUT2D eigenvalue weighted by Gasteiger charge is -2.24. The maximum atomic E-state index is 12.9. The third-order valence-corrected chi connectivity index (χ3v) is 5.32. The SMILES string of the molecule is Cc1cccc(NC(=O)CN(C)C(=O)[C@H]2CNC[C@@H]2c2cnn(C)c2)c1C.Cl. The maximum absolute atomic E-state index is 12.9. The van der Waals surface area contributed by atoms with Gasteiger partial charge in [-0.3, -0.25) is 14.3 Å². The molecule has 3 rings (SSSR count). The molecule has 2 N–H and O–H groups in total. The van der Waals surface area contributed by atoms with Crippen LogP contribution in [0, 0.1) is 19.8 Å². The van der Waals surface area contributed by atoms with E-state index in [0.717, 1.165) is 28.9 Å². The molecule has 8 heteroatoms. The molecular formula is C20H28ClN5O2. The lowest BCUT2D eigenvalue weighted by molar-refractivity contribution is -0.136. The van der Waals surface area contributed by atoms with Crippen LogP contribution in [0.5, 0.6) is 0 Å². The standard InChI is InChI=1S/C20H27N5O2.ClH/c1-13-6-5-7-18(14(13)2)23-19(26)12-24(3)20(27)17-10-21-9-16(17)15-8-22-25(4)11-15;/h5-8,11,16-17,21H,9-10,12H2,1-4H3,(H,23,26);1H/t16-,17+;/m1./s1. The van der Waals surface area contributed by atoms with Crippen LogP contribution in [0.2, 0.25) is 0 Å². The second-order valence-corrected chi connectivity index (χ2v) is 7.31. The molecule has 1 aromatic carbocycles. The lowest BCUT2D eigenvalue weighted by atomic mass is 9.90. The third-order valence-electron chi connectivity index (χ3n) is 5.32. The average Bonchev–Trinajstić information content (AvgIpc) is 3.26. The first-order valence-electron chi connectivity index (χ1n) is 9.17. The van der Waals surface area contributed by atoms with E-state index in [4.69, 9.17) is 0 Å². The van der Waals surface area contributed by atoms with E-state index in [1.807, 2.05) is 51.5 Å². The van der Waals surface area contributed by atoms with E-state index >= 15 is 0 Å². The summed E-state index contributed by atoms with van der Waals surface area (Å²) in [5.41, 5.74) is 4.00. The van der Waals surface area contributed by atoms with E-state index in [-0.39, 0.29) is 42.6 Å². The van der Waals surface area contributed by atoms with Gasteiger partial charge in [0, 0.05) is 45.0 Å². The zero-order valence-electron chi connectivity index (χ0n) is 16.7. The number of amides is 2. The highest BCUT2D eigenvalue weighted by Crippen LogP contribution is 2.29. The monoisotopic (exact) mass is 405 g/mol. The maximum Gasteiger partial charge on any atom is 0.243 e. The number of aromatic nitrogens is 2. The van der Waals surface area contributed by atoms with Crippen LogP contribution in [-0.4, -0.2) is 53.2 Å². The first kappa shape index (κ1) is 21.9. The van der Waals surface area contributed by atoms with Crippen molar-refractivity contribution in [1.29, 1.82) is 0 Å². The van der Waals surface area contributed by atoms with Crippen molar-refractivity contribution in [2.45, 2.75) is 19.8 Å². The quantitative estimate of drug-likeness (QED) is 0.795. The number of benzene rings is 1. The van der Waals surface area contributed by atoms with E-state index in [0.29, 0.717) is 6.54 Å². The van der Waals surface area contributed by atoms with Gasteiger partial charge in [-0.1, -0.05) is 12.1 Å². The van der Waals surface area contributed by atoms with Crippen molar-refractivity contribution in [3.8, 4) is 0 Å². The van der Waals surface area contributed by atoms with Gasteiger partial charge < -0.3 is 15.5 Å². The molecule has 2 aromatic rings. The van der Waals surface area contributed by atoms with Gasteiger partial charge in [0.2, 0.25) is 11.8 Å². The van der Waals surface area contributed by atoms with Gasteiger partial charge in [0.05, 0.1) is 18.7 Å². The summed E-state index contributed by atoms with van der Waals surface area (Å²) in [7, 11) is 3.55. The van der Waals surface area contributed by atoms with Crippen molar-refractivity contribution in [3.05, 3.63) is 47.3 Å². The Hall–Kier alpha value is -2.38. The van der Waals surface area contributed by atoms with Gasteiger partial charge in [-0.25, -0.2) is 0 Å². The van der Waals surface area contributed by atoms with Crippen molar-refractivity contribution in [2.24, 2.45) is 13.0 Å². The Morgan fingerprint density at radius 1 is 1.32 bits per heavy atom. The van der Waals surface area contributed by atoms with Crippen LogP contribution in [0.3, 0.4) is 0 Å². The highest BCUT2D eigenvalue weighted by Gasteiger charge is 2.36. The first-order chi connectivity index (χ1) is 12.9. The molecule has 2 atom stereocenters. The van der Waals surface area contributed by atoms with Gasteiger partial charge in [-0.05, 0) is 36.6 Å². The zero-order valence-corrected chi connectivity index (χ0v) is 17.5. The fraction of sp³-hybridized carbons (Fsp3) is 0.450. The molecule has 0 spiro atoms. The van der Waals surface area contributed by atoms with Crippen LogP contribution in [0.25, 0.3) is 0 Å². The van der Waals surface area contributed by atoms with Crippen molar-refractivity contribution >= 4 is 29.9 Å². The van der Waals surface area contributed by atoms with Crippen LogP contribution in [0.15, 0.2) is 30.6 Å². The summed E-state index contributed by atoms with van der Waals surface area (Å²) in [5.74, 6) is -0.322. The van der Waals surface area contributed by atoms with Crippen LogP contribution in [0.4, 0.5) is 5.69 Å². The Labute approximate surface area is 171 Å². The fourth-order valence-corrected chi connectivity index (χ4v) is 3.57. The molecule has 2 heterocycles. The lowest BCUT2D eigenvalue weighted by Crippen LogP contribution is -2.40. The molecule has 28 heavy (non-hydrogen) atoms. The van der Waals surface area contributed by atoms with Crippen molar-refractivity contribution in [2.75, 3.05) is 32.0 Å².